The van der Waals surface area contributed by atoms with Gasteiger partial charge in [-0.25, -0.2) is 0 Å². The summed E-state index contributed by atoms with van der Waals surface area (Å²) in [5.74, 6) is -1.04. The van der Waals surface area contributed by atoms with Crippen LogP contribution in [0.5, 0.6) is 0 Å². The van der Waals surface area contributed by atoms with Crippen molar-refractivity contribution in [2.24, 2.45) is 0 Å². The van der Waals surface area contributed by atoms with Crippen LogP contribution in [0.3, 0.4) is 0 Å². The average molecular weight is 267 g/mol. The second-order valence-electron chi connectivity index (χ2n) is 3.46. The third-order valence-corrected chi connectivity index (χ3v) is 2.01. The Labute approximate surface area is 99.3 Å². The minimum Gasteiger partial charge on any atom is -0.376 e. The Kier molecular flexibility index (Phi) is 4.60. The summed E-state index contributed by atoms with van der Waals surface area (Å²) >= 11 is 0. The number of nitrogens with zero attached hydrogens (tertiary/aromatic N) is 1. The van der Waals surface area contributed by atoms with Crippen molar-refractivity contribution in [2.45, 2.75) is 19.2 Å². The van der Waals surface area contributed by atoms with Crippen molar-refractivity contribution in [1.82, 2.24) is 0 Å². The van der Waals surface area contributed by atoms with Gasteiger partial charge in [0, 0.05) is 6.07 Å². The van der Waals surface area contributed by atoms with E-state index in [1.54, 1.807) is 0 Å². The highest BCUT2D eigenvalue weighted by atomic mass is 19.4. The quantitative estimate of drug-likeness (QED) is 0.356. The molecule has 0 amide bonds. The van der Waals surface area contributed by atoms with Crippen LogP contribution in [-0.2, 0) is 11.3 Å². The van der Waals surface area contributed by atoms with E-state index in [9.17, 15) is 27.7 Å². The molecule has 0 radical (unpaired) electrons. The number of benzene rings is 1. The molecule has 1 rings (SSSR count). The maximum absolute atomic E-state index is 13.1. The Morgan fingerprint density at radius 2 is 2.00 bits per heavy atom. The van der Waals surface area contributed by atoms with Crippen LogP contribution < -0.4 is 0 Å². The van der Waals surface area contributed by atoms with Crippen LogP contribution in [-0.4, -0.2) is 17.7 Å². The summed E-state index contributed by atoms with van der Waals surface area (Å²) in [4.78, 5) is 9.43. The van der Waals surface area contributed by atoms with Gasteiger partial charge in [-0.2, -0.15) is 17.6 Å². The lowest BCUT2D eigenvalue weighted by atomic mass is 10.2. The Bertz CT molecular complexity index is 434. The first kappa shape index (κ1) is 14.4. The molecule has 0 saturated heterocycles. The van der Waals surface area contributed by atoms with Crippen LogP contribution >= 0.6 is 0 Å². The van der Waals surface area contributed by atoms with Crippen LogP contribution in [0.1, 0.15) is 12.0 Å². The largest absolute Gasteiger partial charge is 0.391 e. The standard InChI is InChI=1S/C10H9F4NO3/c11-8-5-7(1-2-9(8)15(16)17)6-18-4-3-10(12,13)14/h1-2,5H,3-4,6H2. The number of hydrogen-bond donors (Lipinski definition) is 0. The minimum absolute atomic E-state index is 0.231. The van der Waals surface area contributed by atoms with Crippen molar-refractivity contribution in [3.63, 3.8) is 0 Å². The zero-order chi connectivity index (χ0) is 13.8. The van der Waals surface area contributed by atoms with Gasteiger partial charge < -0.3 is 4.74 Å². The Morgan fingerprint density at radius 1 is 1.33 bits per heavy atom. The molecule has 0 unspecified atom stereocenters. The zero-order valence-corrected chi connectivity index (χ0v) is 9.04. The lowest BCUT2D eigenvalue weighted by molar-refractivity contribution is -0.387. The van der Waals surface area contributed by atoms with E-state index in [0.29, 0.717) is 0 Å². The highest BCUT2D eigenvalue weighted by Gasteiger charge is 2.26. The Balaban J connectivity index is 2.49. The zero-order valence-electron chi connectivity index (χ0n) is 9.04. The van der Waals surface area contributed by atoms with E-state index >= 15 is 0 Å². The van der Waals surface area contributed by atoms with Crippen LogP contribution in [0.2, 0.25) is 0 Å². The first-order valence-electron chi connectivity index (χ1n) is 4.87. The summed E-state index contributed by atoms with van der Waals surface area (Å²) in [5, 5.41) is 10.3. The molecule has 0 saturated carbocycles. The fourth-order valence-corrected chi connectivity index (χ4v) is 1.17. The predicted molar refractivity (Wildman–Crippen MR) is 53.4 cm³/mol. The van der Waals surface area contributed by atoms with Crippen molar-refractivity contribution in [1.29, 1.82) is 0 Å². The first-order chi connectivity index (χ1) is 8.29. The van der Waals surface area contributed by atoms with E-state index in [1.165, 1.54) is 6.07 Å². The van der Waals surface area contributed by atoms with Gasteiger partial charge in [0.2, 0.25) is 5.82 Å². The summed E-state index contributed by atoms with van der Waals surface area (Å²) in [5.41, 5.74) is -0.450. The number of halogens is 4. The molecule has 0 N–H and O–H groups in total. The molecule has 8 heteroatoms. The van der Waals surface area contributed by atoms with Crippen molar-refractivity contribution in [3.8, 4) is 0 Å². The molecule has 0 aliphatic heterocycles. The number of nitro benzene ring substituents is 1. The third kappa shape index (κ3) is 4.66. The van der Waals surface area contributed by atoms with Crippen LogP contribution in [0.4, 0.5) is 23.2 Å². The molecule has 0 fully saturated rings. The number of ether oxygens (including phenoxy) is 1. The second-order valence-corrected chi connectivity index (χ2v) is 3.46. The molecule has 100 valence electrons. The molecule has 0 heterocycles. The van der Waals surface area contributed by atoms with Gasteiger partial charge in [0.05, 0.1) is 24.6 Å². The molecule has 1 aromatic carbocycles. The topological polar surface area (TPSA) is 52.4 Å². The summed E-state index contributed by atoms with van der Waals surface area (Å²) in [6, 6.07) is 3.04. The molecular formula is C10H9F4NO3. The summed E-state index contributed by atoms with van der Waals surface area (Å²) in [7, 11) is 0. The molecule has 1 aromatic rings. The number of alkyl halides is 3. The van der Waals surface area contributed by atoms with Crippen LogP contribution in [0.15, 0.2) is 18.2 Å². The van der Waals surface area contributed by atoms with Crippen molar-refractivity contribution < 1.29 is 27.2 Å². The lowest BCUT2D eigenvalue weighted by Crippen LogP contribution is -2.11. The van der Waals surface area contributed by atoms with Gasteiger partial charge in [-0.15, -0.1) is 0 Å². The third-order valence-electron chi connectivity index (χ3n) is 2.01. The number of nitro groups is 1. The van der Waals surface area contributed by atoms with Crippen LogP contribution in [0.25, 0.3) is 0 Å². The van der Waals surface area contributed by atoms with Crippen LogP contribution in [0, 0.1) is 15.9 Å². The summed E-state index contributed by atoms with van der Waals surface area (Å²) < 4.78 is 53.1. The maximum Gasteiger partial charge on any atom is 0.391 e. The van der Waals surface area contributed by atoms with E-state index in [1.807, 2.05) is 0 Å². The summed E-state index contributed by atoms with van der Waals surface area (Å²) in [6.07, 6.45) is -5.40. The normalized spacial score (nSPS) is 11.6. The molecule has 4 nitrogen and oxygen atoms in total. The van der Waals surface area contributed by atoms with Gasteiger partial charge in [0.25, 0.3) is 0 Å². The first-order valence-corrected chi connectivity index (χ1v) is 4.87. The molecule has 0 aliphatic carbocycles. The number of rotatable bonds is 5. The van der Waals surface area contributed by atoms with Gasteiger partial charge in [-0.3, -0.25) is 10.1 Å². The fraction of sp³-hybridized carbons (Fsp3) is 0.400. The van der Waals surface area contributed by atoms with Crippen molar-refractivity contribution in [2.75, 3.05) is 6.61 Å². The Morgan fingerprint density at radius 3 is 2.50 bits per heavy atom. The van der Waals surface area contributed by atoms with Crippen molar-refractivity contribution >= 4 is 5.69 Å². The van der Waals surface area contributed by atoms with E-state index in [2.05, 4.69) is 0 Å². The Hall–Kier alpha value is -1.70. The highest BCUT2D eigenvalue weighted by Crippen LogP contribution is 2.20. The lowest BCUT2D eigenvalue weighted by Gasteiger charge is -2.07. The fourth-order valence-electron chi connectivity index (χ4n) is 1.17. The van der Waals surface area contributed by atoms with E-state index in [-0.39, 0.29) is 12.2 Å². The van der Waals surface area contributed by atoms with Gasteiger partial charge in [0.1, 0.15) is 0 Å². The molecule has 0 bridgehead atoms. The average Bonchev–Trinajstić information content (AvgIpc) is 2.22. The van der Waals surface area contributed by atoms with Gasteiger partial charge in [-0.05, 0) is 17.7 Å². The van der Waals surface area contributed by atoms with Crippen molar-refractivity contribution in [3.05, 3.63) is 39.7 Å². The second kappa shape index (κ2) is 5.76. The van der Waals surface area contributed by atoms with Gasteiger partial charge in [-0.1, -0.05) is 0 Å². The number of hydrogen-bond acceptors (Lipinski definition) is 3. The predicted octanol–water partition coefficient (Wildman–Crippen LogP) is 3.20. The molecular weight excluding hydrogens is 258 g/mol. The molecule has 18 heavy (non-hydrogen) atoms. The maximum atomic E-state index is 13.1. The SMILES string of the molecule is O=[N+]([O-])c1ccc(COCCC(F)(F)F)cc1F. The van der Waals surface area contributed by atoms with Gasteiger partial charge >= 0.3 is 11.9 Å². The molecule has 0 atom stereocenters. The van der Waals surface area contributed by atoms with E-state index < -0.39 is 35.6 Å². The van der Waals surface area contributed by atoms with Gasteiger partial charge in [0.15, 0.2) is 0 Å². The van der Waals surface area contributed by atoms with E-state index in [4.69, 9.17) is 4.74 Å². The smallest absolute Gasteiger partial charge is 0.376 e. The molecule has 0 aliphatic rings. The minimum atomic E-state index is -4.30. The molecule has 0 spiro atoms. The van der Waals surface area contributed by atoms with E-state index in [0.717, 1.165) is 12.1 Å². The highest BCUT2D eigenvalue weighted by molar-refractivity contribution is 5.34. The molecule has 0 aromatic heterocycles. The summed E-state index contributed by atoms with van der Waals surface area (Å²) in [6.45, 7) is -0.771. The monoisotopic (exact) mass is 267 g/mol.